The highest BCUT2D eigenvalue weighted by atomic mass is 35.5. The second-order valence-corrected chi connectivity index (χ2v) is 7.23. The molecule has 1 fully saturated rings. The van der Waals surface area contributed by atoms with Crippen LogP contribution in [0.5, 0.6) is 5.75 Å². The molecule has 2 atom stereocenters. The third-order valence-corrected chi connectivity index (χ3v) is 4.62. The van der Waals surface area contributed by atoms with Crippen LogP contribution in [0.1, 0.15) is 11.3 Å². The van der Waals surface area contributed by atoms with Crippen molar-refractivity contribution in [2.45, 2.75) is 31.9 Å². The molecule has 0 bridgehead atoms. The number of hydrogen-bond acceptors (Lipinski definition) is 5. The molecule has 2 unspecified atom stereocenters. The minimum Gasteiger partial charge on any atom is -0.406 e. The molecule has 2 aromatic rings. The molecule has 10 heteroatoms. The SMILES string of the molecule is Cc1cc(Cl)cc(NC2CN(C(=O)Cc3ccc(OC(F)(F)F)cc3)CC2O)n1. The lowest BCUT2D eigenvalue weighted by Crippen LogP contribution is -2.33. The Hall–Kier alpha value is -2.52. The molecule has 1 aromatic carbocycles. The van der Waals surface area contributed by atoms with Crippen molar-refractivity contribution in [2.24, 2.45) is 0 Å². The molecule has 1 amide bonds. The Bertz CT molecular complexity index is 857. The van der Waals surface area contributed by atoms with Gasteiger partial charge in [-0.25, -0.2) is 4.98 Å². The lowest BCUT2D eigenvalue weighted by Gasteiger charge is -2.18. The number of carbonyl (C=O) groups is 1. The fourth-order valence-electron chi connectivity index (χ4n) is 3.12. The van der Waals surface area contributed by atoms with Gasteiger partial charge in [0.05, 0.1) is 18.6 Å². The largest absolute Gasteiger partial charge is 0.573 e. The molecule has 1 aliphatic rings. The molecule has 0 spiro atoms. The summed E-state index contributed by atoms with van der Waals surface area (Å²) in [4.78, 5) is 18.3. The number of halogens is 4. The standard InChI is InChI=1S/C19H19ClF3N3O3/c1-11-6-13(20)8-17(24-11)25-15-9-26(10-16(15)27)18(28)7-12-2-4-14(5-3-12)29-19(21,22)23/h2-6,8,15-16,27H,7,9-10H2,1H3,(H,24,25). The van der Waals surface area contributed by atoms with Crippen molar-refractivity contribution in [1.29, 1.82) is 0 Å². The van der Waals surface area contributed by atoms with E-state index in [4.69, 9.17) is 11.6 Å². The Labute approximate surface area is 170 Å². The lowest BCUT2D eigenvalue weighted by molar-refractivity contribution is -0.274. The first-order valence-corrected chi connectivity index (χ1v) is 9.18. The van der Waals surface area contributed by atoms with E-state index < -0.39 is 18.5 Å². The minimum absolute atomic E-state index is 0.000259. The van der Waals surface area contributed by atoms with Crippen molar-refractivity contribution in [3.8, 4) is 5.75 Å². The molecule has 0 aliphatic carbocycles. The first-order valence-electron chi connectivity index (χ1n) is 8.80. The third kappa shape index (κ3) is 5.98. The van der Waals surface area contributed by atoms with Gasteiger partial charge in [0, 0.05) is 23.8 Å². The van der Waals surface area contributed by atoms with Crippen molar-refractivity contribution in [3.63, 3.8) is 0 Å². The number of ether oxygens (including phenoxy) is 1. The smallest absolute Gasteiger partial charge is 0.406 e. The van der Waals surface area contributed by atoms with E-state index in [-0.39, 0.29) is 31.2 Å². The maximum Gasteiger partial charge on any atom is 0.573 e. The molecule has 1 aliphatic heterocycles. The van der Waals surface area contributed by atoms with Crippen LogP contribution >= 0.6 is 11.6 Å². The highest BCUT2D eigenvalue weighted by Gasteiger charge is 2.34. The van der Waals surface area contributed by atoms with Gasteiger partial charge in [0.15, 0.2) is 0 Å². The van der Waals surface area contributed by atoms with Crippen molar-refractivity contribution in [1.82, 2.24) is 9.88 Å². The van der Waals surface area contributed by atoms with Crippen LogP contribution in [-0.4, -0.2) is 52.5 Å². The summed E-state index contributed by atoms with van der Waals surface area (Å²) in [5.41, 5.74) is 1.26. The second-order valence-electron chi connectivity index (χ2n) is 6.80. The van der Waals surface area contributed by atoms with Crippen LogP contribution in [0.25, 0.3) is 0 Å². The van der Waals surface area contributed by atoms with Gasteiger partial charge in [-0.15, -0.1) is 13.2 Å². The van der Waals surface area contributed by atoms with Crippen LogP contribution in [0, 0.1) is 6.92 Å². The number of alkyl halides is 3. The Morgan fingerprint density at radius 2 is 2.00 bits per heavy atom. The number of anilines is 1. The number of aliphatic hydroxyl groups excluding tert-OH is 1. The highest BCUT2D eigenvalue weighted by molar-refractivity contribution is 6.30. The second kappa shape index (κ2) is 8.46. The summed E-state index contributed by atoms with van der Waals surface area (Å²) in [6.45, 7) is 2.21. The Morgan fingerprint density at radius 1 is 1.31 bits per heavy atom. The zero-order valence-electron chi connectivity index (χ0n) is 15.4. The number of benzene rings is 1. The summed E-state index contributed by atoms with van der Waals surface area (Å²) < 4.78 is 40.4. The summed E-state index contributed by atoms with van der Waals surface area (Å²) in [5, 5.41) is 13.9. The van der Waals surface area contributed by atoms with Gasteiger partial charge in [-0.3, -0.25) is 4.79 Å². The molecule has 29 heavy (non-hydrogen) atoms. The lowest BCUT2D eigenvalue weighted by atomic mass is 10.1. The van der Waals surface area contributed by atoms with Crippen molar-refractivity contribution >= 4 is 23.3 Å². The number of likely N-dealkylation sites (tertiary alicyclic amines) is 1. The maximum atomic E-state index is 12.5. The number of pyridine rings is 1. The Kier molecular flexibility index (Phi) is 6.18. The molecule has 2 N–H and O–H groups in total. The normalized spacial score (nSPS) is 19.3. The first-order chi connectivity index (χ1) is 13.6. The fraction of sp³-hybridized carbons (Fsp3) is 0.368. The number of nitrogens with zero attached hydrogens (tertiary/aromatic N) is 2. The molecule has 156 valence electrons. The number of β-amino-alcohol motifs (C(OH)–C–C–N with tert-alkyl or cyclic N) is 1. The van der Waals surface area contributed by atoms with E-state index in [1.165, 1.54) is 17.0 Å². The van der Waals surface area contributed by atoms with Crippen LogP contribution in [0.4, 0.5) is 19.0 Å². The number of nitrogens with one attached hydrogen (secondary N) is 1. The number of hydrogen-bond donors (Lipinski definition) is 2. The van der Waals surface area contributed by atoms with Crippen LogP contribution < -0.4 is 10.1 Å². The number of rotatable bonds is 5. The van der Waals surface area contributed by atoms with Crippen LogP contribution in [0.15, 0.2) is 36.4 Å². The summed E-state index contributed by atoms with van der Waals surface area (Å²) in [5.74, 6) is -0.0828. The van der Waals surface area contributed by atoms with Gasteiger partial charge in [0.1, 0.15) is 11.6 Å². The Balaban J connectivity index is 1.58. The first kappa shape index (κ1) is 21.2. The molecule has 2 heterocycles. The molecule has 6 nitrogen and oxygen atoms in total. The fourth-order valence-corrected chi connectivity index (χ4v) is 3.38. The Morgan fingerprint density at radius 3 is 2.62 bits per heavy atom. The zero-order valence-corrected chi connectivity index (χ0v) is 16.2. The number of aromatic nitrogens is 1. The molecular formula is C19H19ClF3N3O3. The molecule has 0 saturated carbocycles. The minimum atomic E-state index is -4.76. The summed E-state index contributed by atoms with van der Waals surface area (Å²) in [6, 6.07) is 8.06. The van der Waals surface area contributed by atoms with Crippen molar-refractivity contribution < 1.29 is 27.8 Å². The number of carbonyl (C=O) groups excluding carboxylic acids is 1. The van der Waals surface area contributed by atoms with Gasteiger partial charge in [-0.2, -0.15) is 0 Å². The van der Waals surface area contributed by atoms with Crippen molar-refractivity contribution in [2.75, 3.05) is 18.4 Å². The molecule has 3 rings (SSSR count). The zero-order chi connectivity index (χ0) is 21.2. The van der Waals surface area contributed by atoms with E-state index >= 15 is 0 Å². The number of aliphatic hydroxyl groups is 1. The van der Waals surface area contributed by atoms with E-state index in [1.807, 2.05) is 0 Å². The van der Waals surface area contributed by atoms with Gasteiger partial charge >= 0.3 is 6.36 Å². The monoisotopic (exact) mass is 429 g/mol. The number of aryl methyl sites for hydroxylation is 1. The summed E-state index contributed by atoms with van der Waals surface area (Å²) in [7, 11) is 0. The topological polar surface area (TPSA) is 74.7 Å². The van der Waals surface area contributed by atoms with Gasteiger partial charge < -0.3 is 20.1 Å². The molecular weight excluding hydrogens is 411 g/mol. The van der Waals surface area contributed by atoms with E-state index in [0.717, 1.165) is 17.8 Å². The van der Waals surface area contributed by atoms with Crippen molar-refractivity contribution in [3.05, 3.63) is 52.7 Å². The maximum absolute atomic E-state index is 12.5. The van der Waals surface area contributed by atoms with Gasteiger partial charge in [0.25, 0.3) is 0 Å². The predicted molar refractivity (Wildman–Crippen MR) is 101 cm³/mol. The summed E-state index contributed by atoms with van der Waals surface area (Å²) >= 11 is 6.01. The van der Waals surface area contributed by atoms with Gasteiger partial charge in [-0.05, 0) is 36.8 Å². The van der Waals surface area contributed by atoms with E-state index in [0.29, 0.717) is 16.4 Å². The highest BCUT2D eigenvalue weighted by Crippen LogP contribution is 2.24. The molecule has 1 aromatic heterocycles. The van der Waals surface area contributed by atoms with Gasteiger partial charge in [-0.1, -0.05) is 23.7 Å². The summed E-state index contributed by atoms with van der Waals surface area (Å²) in [6.07, 6.45) is -5.55. The van der Waals surface area contributed by atoms with E-state index in [9.17, 15) is 23.1 Å². The van der Waals surface area contributed by atoms with Crippen LogP contribution in [0.3, 0.4) is 0 Å². The van der Waals surface area contributed by atoms with E-state index in [2.05, 4.69) is 15.0 Å². The number of amides is 1. The van der Waals surface area contributed by atoms with E-state index in [1.54, 1.807) is 19.1 Å². The molecule has 0 radical (unpaired) electrons. The average Bonchev–Trinajstić information content (AvgIpc) is 2.95. The quantitative estimate of drug-likeness (QED) is 0.763. The molecule has 1 saturated heterocycles. The van der Waals surface area contributed by atoms with Gasteiger partial charge in [0.2, 0.25) is 5.91 Å². The predicted octanol–water partition coefficient (Wildman–Crippen LogP) is 3.17. The van der Waals surface area contributed by atoms with Crippen LogP contribution in [0.2, 0.25) is 5.02 Å². The van der Waals surface area contributed by atoms with Crippen LogP contribution in [-0.2, 0) is 11.2 Å². The third-order valence-electron chi connectivity index (χ3n) is 4.41. The average molecular weight is 430 g/mol.